The number of amides is 3. The van der Waals surface area contributed by atoms with E-state index in [-0.39, 0.29) is 18.2 Å². The summed E-state index contributed by atoms with van der Waals surface area (Å²) in [5.41, 5.74) is 0.990. The van der Waals surface area contributed by atoms with Crippen molar-refractivity contribution >= 4 is 23.9 Å². The summed E-state index contributed by atoms with van der Waals surface area (Å²) in [6.45, 7) is 2.34. The molecule has 0 N–H and O–H groups in total. The van der Waals surface area contributed by atoms with E-state index in [2.05, 4.69) is 6.07 Å². The number of nitriles is 1. The lowest BCUT2D eigenvalue weighted by Crippen LogP contribution is -2.50. The molecule has 1 aromatic rings. The Morgan fingerprint density at radius 3 is 2.58 bits per heavy atom. The largest absolute Gasteiger partial charge is 0.342 e. The van der Waals surface area contributed by atoms with Gasteiger partial charge in [-0.1, -0.05) is 12.1 Å². The first kappa shape index (κ1) is 16.0. The maximum atomic E-state index is 12.6. The molecule has 1 aromatic carbocycles. The van der Waals surface area contributed by atoms with Crippen molar-refractivity contribution in [3.05, 3.63) is 29.8 Å². The molecule has 0 bridgehead atoms. The Hall–Kier alpha value is -2.88. The van der Waals surface area contributed by atoms with E-state index in [9.17, 15) is 19.6 Å². The Balaban J connectivity index is 1.70. The van der Waals surface area contributed by atoms with Gasteiger partial charge in [-0.05, 0) is 12.1 Å². The molecule has 124 valence electrons. The Kier molecular flexibility index (Phi) is 4.47. The monoisotopic (exact) mass is 326 g/mol. The van der Waals surface area contributed by atoms with Crippen LogP contribution in [0.25, 0.3) is 0 Å². The lowest BCUT2D eigenvalue weighted by molar-refractivity contribution is -0.139. The summed E-state index contributed by atoms with van der Waals surface area (Å²) in [6, 6.07) is 9.00. The van der Waals surface area contributed by atoms with Gasteiger partial charge in [0.1, 0.15) is 6.07 Å². The fourth-order valence-corrected chi connectivity index (χ4v) is 3.22. The standard InChI is InChI=1S/C17H18N4O3/c18-10-13-3-1-2-4-15(13)21-11-14(9-16(21)23)17(24)20-7-5-19(12-22)6-8-20/h1-4,12,14H,5-9,11H2. The molecule has 0 spiro atoms. The van der Waals surface area contributed by atoms with Gasteiger partial charge in [-0.25, -0.2) is 0 Å². The third-order valence-electron chi connectivity index (χ3n) is 4.56. The van der Waals surface area contributed by atoms with Crippen LogP contribution >= 0.6 is 0 Å². The molecule has 3 amide bonds. The first-order valence-electron chi connectivity index (χ1n) is 7.91. The van der Waals surface area contributed by atoms with Crippen LogP contribution < -0.4 is 4.90 Å². The van der Waals surface area contributed by atoms with Gasteiger partial charge in [0, 0.05) is 39.1 Å². The Bertz CT molecular complexity index is 704. The second-order valence-electron chi connectivity index (χ2n) is 6.00. The van der Waals surface area contributed by atoms with Gasteiger partial charge in [0.2, 0.25) is 18.2 Å². The van der Waals surface area contributed by atoms with Crippen molar-refractivity contribution in [1.82, 2.24) is 9.80 Å². The van der Waals surface area contributed by atoms with Gasteiger partial charge in [-0.15, -0.1) is 0 Å². The van der Waals surface area contributed by atoms with Gasteiger partial charge in [-0.3, -0.25) is 14.4 Å². The highest BCUT2D eigenvalue weighted by Crippen LogP contribution is 2.28. The number of piperazine rings is 1. The number of para-hydroxylation sites is 1. The predicted octanol–water partition coefficient (Wildman–Crippen LogP) is 0.212. The second-order valence-corrected chi connectivity index (χ2v) is 6.00. The zero-order chi connectivity index (χ0) is 17.1. The molecule has 0 aromatic heterocycles. The fourth-order valence-electron chi connectivity index (χ4n) is 3.22. The minimum atomic E-state index is -0.396. The van der Waals surface area contributed by atoms with Gasteiger partial charge in [-0.2, -0.15) is 5.26 Å². The van der Waals surface area contributed by atoms with E-state index in [1.807, 2.05) is 0 Å². The van der Waals surface area contributed by atoms with Crippen LogP contribution in [0.15, 0.2) is 24.3 Å². The topological polar surface area (TPSA) is 84.7 Å². The summed E-state index contributed by atoms with van der Waals surface area (Å²) in [5, 5.41) is 9.20. The van der Waals surface area contributed by atoms with Crippen LogP contribution in [0, 0.1) is 17.2 Å². The smallest absolute Gasteiger partial charge is 0.228 e. The molecule has 1 atom stereocenters. The van der Waals surface area contributed by atoms with E-state index in [0.29, 0.717) is 44.0 Å². The van der Waals surface area contributed by atoms with Crippen LogP contribution in [-0.4, -0.2) is 60.7 Å². The van der Waals surface area contributed by atoms with Crippen molar-refractivity contribution in [3.8, 4) is 6.07 Å². The summed E-state index contributed by atoms with van der Waals surface area (Å²) in [5.74, 6) is -0.583. The minimum Gasteiger partial charge on any atom is -0.342 e. The van der Waals surface area contributed by atoms with Crippen LogP contribution in [-0.2, 0) is 14.4 Å². The van der Waals surface area contributed by atoms with E-state index < -0.39 is 5.92 Å². The van der Waals surface area contributed by atoms with Crippen LogP contribution in [0.3, 0.4) is 0 Å². The van der Waals surface area contributed by atoms with Crippen LogP contribution in [0.5, 0.6) is 0 Å². The molecule has 3 rings (SSSR count). The molecule has 0 aliphatic carbocycles. The van der Waals surface area contributed by atoms with Gasteiger partial charge in [0.25, 0.3) is 0 Å². The number of carbonyl (C=O) groups excluding carboxylic acids is 3. The van der Waals surface area contributed by atoms with Crippen molar-refractivity contribution in [2.24, 2.45) is 5.92 Å². The van der Waals surface area contributed by atoms with Gasteiger partial charge >= 0.3 is 0 Å². The highest BCUT2D eigenvalue weighted by molar-refractivity contribution is 6.01. The number of benzene rings is 1. The van der Waals surface area contributed by atoms with Gasteiger partial charge in [0.05, 0.1) is 17.2 Å². The Morgan fingerprint density at radius 1 is 1.21 bits per heavy atom. The Morgan fingerprint density at radius 2 is 1.92 bits per heavy atom. The second kappa shape index (κ2) is 6.71. The molecule has 24 heavy (non-hydrogen) atoms. The predicted molar refractivity (Wildman–Crippen MR) is 85.8 cm³/mol. The van der Waals surface area contributed by atoms with E-state index in [4.69, 9.17) is 0 Å². The SMILES string of the molecule is N#Cc1ccccc1N1CC(C(=O)N2CCN(C=O)CC2)CC1=O. The van der Waals surface area contributed by atoms with Crippen molar-refractivity contribution in [2.75, 3.05) is 37.6 Å². The molecule has 7 nitrogen and oxygen atoms in total. The molecular weight excluding hydrogens is 308 g/mol. The van der Waals surface area contributed by atoms with Crippen molar-refractivity contribution in [2.45, 2.75) is 6.42 Å². The highest BCUT2D eigenvalue weighted by atomic mass is 16.2. The molecule has 0 saturated carbocycles. The number of anilines is 1. The average molecular weight is 326 g/mol. The number of hydrogen-bond donors (Lipinski definition) is 0. The highest BCUT2D eigenvalue weighted by Gasteiger charge is 2.38. The number of nitrogens with zero attached hydrogens (tertiary/aromatic N) is 4. The molecule has 1 unspecified atom stereocenters. The molecule has 7 heteroatoms. The van der Waals surface area contributed by atoms with Crippen molar-refractivity contribution < 1.29 is 14.4 Å². The number of hydrogen-bond acceptors (Lipinski definition) is 4. The molecule has 2 heterocycles. The molecule has 2 saturated heterocycles. The maximum Gasteiger partial charge on any atom is 0.228 e. The average Bonchev–Trinajstić information content (AvgIpc) is 3.02. The van der Waals surface area contributed by atoms with Crippen LogP contribution in [0.1, 0.15) is 12.0 Å². The van der Waals surface area contributed by atoms with E-state index >= 15 is 0 Å². The first-order valence-corrected chi connectivity index (χ1v) is 7.91. The lowest BCUT2D eigenvalue weighted by Gasteiger charge is -2.33. The summed E-state index contributed by atoms with van der Waals surface area (Å²) in [4.78, 5) is 40.6. The summed E-state index contributed by atoms with van der Waals surface area (Å²) in [6.07, 6.45) is 0.952. The summed E-state index contributed by atoms with van der Waals surface area (Å²) in [7, 11) is 0. The van der Waals surface area contributed by atoms with Crippen molar-refractivity contribution in [1.29, 1.82) is 5.26 Å². The summed E-state index contributed by atoms with van der Waals surface area (Å²) >= 11 is 0. The van der Waals surface area contributed by atoms with Crippen LogP contribution in [0.2, 0.25) is 0 Å². The molecule has 0 radical (unpaired) electrons. The fraction of sp³-hybridized carbons (Fsp3) is 0.412. The van der Waals surface area contributed by atoms with E-state index in [0.717, 1.165) is 6.41 Å². The minimum absolute atomic E-state index is 0.0502. The molecule has 2 fully saturated rings. The molecular formula is C17H18N4O3. The number of carbonyl (C=O) groups is 3. The van der Waals surface area contributed by atoms with Gasteiger partial charge < -0.3 is 14.7 Å². The number of rotatable bonds is 3. The molecule has 2 aliphatic heterocycles. The summed E-state index contributed by atoms with van der Waals surface area (Å²) < 4.78 is 0. The van der Waals surface area contributed by atoms with E-state index in [1.165, 1.54) is 4.90 Å². The van der Waals surface area contributed by atoms with Crippen LogP contribution in [0.4, 0.5) is 5.69 Å². The third kappa shape index (κ3) is 2.95. The zero-order valence-corrected chi connectivity index (χ0v) is 13.2. The van der Waals surface area contributed by atoms with E-state index in [1.54, 1.807) is 34.1 Å². The quantitative estimate of drug-likeness (QED) is 0.743. The van der Waals surface area contributed by atoms with Gasteiger partial charge in [0.15, 0.2) is 0 Å². The maximum absolute atomic E-state index is 12.6. The Labute approximate surface area is 140 Å². The third-order valence-corrected chi connectivity index (χ3v) is 4.56. The zero-order valence-electron chi connectivity index (χ0n) is 13.2. The normalized spacial score (nSPS) is 20.9. The van der Waals surface area contributed by atoms with Crippen molar-refractivity contribution in [3.63, 3.8) is 0 Å². The lowest BCUT2D eigenvalue weighted by atomic mass is 10.1. The molecule has 2 aliphatic rings. The first-order chi connectivity index (χ1) is 11.6.